The van der Waals surface area contributed by atoms with Gasteiger partial charge in [-0.2, -0.15) is 22.0 Å². The summed E-state index contributed by atoms with van der Waals surface area (Å²) in [5.74, 6) is -6.96. The van der Waals surface area contributed by atoms with Gasteiger partial charge in [0.25, 0.3) is 5.91 Å². The van der Waals surface area contributed by atoms with E-state index in [2.05, 4.69) is 20.8 Å². The highest BCUT2D eigenvalue weighted by molar-refractivity contribution is 6.07. The Bertz CT molecular complexity index is 1130. The first-order valence-electron chi connectivity index (χ1n) is 8.59. The number of ether oxygens (including phenoxy) is 1. The van der Waals surface area contributed by atoms with Crippen LogP contribution < -0.4 is 10.6 Å². The maximum atomic E-state index is 13.7. The van der Waals surface area contributed by atoms with Gasteiger partial charge in [-0.05, 0) is 30.3 Å². The van der Waals surface area contributed by atoms with Crippen molar-refractivity contribution in [2.75, 3.05) is 24.8 Å². The number of nitrogens with zero attached hydrogens (tertiary/aromatic N) is 3. The molecule has 2 N–H and O–H groups in total. The molecule has 2 aromatic heterocycles. The van der Waals surface area contributed by atoms with Crippen LogP contribution >= 0.6 is 0 Å². The van der Waals surface area contributed by atoms with Crippen molar-refractivity contribution in [3.8, 4) is 0 Å². The van der Waals surface area contributed by atoms with Crippen LogP contribution in [-0.4, -0.2) is 41.0 Å². The maximum absolute atomic E-state index is 13.7. The van der Waals surface area contributed by atoms with E-state index < -0.39 is 35.2 Å². The molecule has 0 unspecified atom stereocenters. The number of fused-ring (bicyclic) bond motifs is 1. The number of anilines is 2. The fourth-order valence-electron chi connectivity index (χ4n) is 2.84. The van der Waals surface area contributed by atoms with Gasteiger partial charge in [-0.25, -0.2) is 4.39 Å². The van der Waals surface area contributed by atoms with Crippen LogP contribution in [0.1, 0.15) is 16.2 Å². The average Bonchev–Trinajstić information content (AvgIpc) is 3.05. The lowest BCUT2D eigenvalue weighted by Crippen LogP contribution is -2.35. The van der Waals surface area contributed by atoms with Gasteiger partial charge in [0.05, 0.1) is 11.2 Å². The Balaban J connectivity index is 2.04. The topological polar surface area (TPSA) is 81.1 Å². The van der Waals surface area contributed by atoms with Crippen molar-refractivity contribution in [1.29, 1.82) is 0 Å². The Labute approximate surface area is 171 Å². The number of alkyl halides is 5. The van der Waals surface area contributed by atoms with Crippen LogP contribution in [0.3, 0.4) is 0 Å². The smallest absolute Gasteiger partial charge is 0.370 e. The molecule has 0 aliphatic carbocycles. The molecule has 0 saturated heterocycles. The van der Waals surface area contributed by atoms with Crippen LogP contribution in [0.15, 0.2) is 30.3 Å². The summed E-state index contributed by atoms with van der Waals surface area (Å²) in [5.41, 5.74) is -1.88. The molecule has 166 valence electrons. The second-order valence-electron chi connectivity index (χ2n) is 6.35. The number of hydrogen-bond donors (Lipinski definition) is 2. The lowest BCUT2D eigenvalue weighted by molar-refractivity contribution is -0.291. The summed E-state index contributed by atoms with van der Waals surface area (Å²) in [5, 5.41) is 11.4. The van der Waals surface area contributed by atoms with Gasteiger partial charge in [-0.1, -0.05) is 0 Å². The molecular weight excluding hydrogens is 432 g/mol. The van der Waals surface area contributed by atoms with E-state index in [0.29, 0.717) is 17.0 Å². The molecule has 0 aliphatic heterocycles. The molecule has 2 heterocycles. The molecule has 1 amide bonds. The number of halogens is 6. The minimum Gasteiger partial charge on any atom is -0.370 e. The van der Waals surface area contributed by atoms with Crippen molar-refractivity contribution in [3.05, 3.63) is 47.5 Å². The first kappa shape index (κ1) is 22.3. The lowest BCUT2D eigenvalue weighted by atomic mass is 10.2. The molecule has 0 spiro atoms. The standard InChI is InChI=1S/C18H15F6N5O2/c1-25-15-11(7-14(27-28-15)17(20,21)18(22,23)24)26-16(30)13-5-9-3-4-10(19)6-12(9)29(13)8-31-2/h3-7H,8H2,1-2H3,(H,25,28)(H,26,27,30). The van der Waals surface area contributed by atoms with Crippen molar-refractivity contribution >= 4 is 28.3 Å². The van der Waals surface area contributed by atoms with Crippen LogP contribution in [0.5, 0.6) is 0 Å². The van der Waals surface area contributed by atoms with Crippen LogP contribution in [0.2, 0.25) is 0 Å². The van der Waals surface area contributed by atoms with E-state index in [9.17, 15) is 31.1 Å². The highest BCUT2D eigenvalue weighted by Crippen LogP contribution is 2.43. The Kier molecular flexibility index (Phi) is 5.81. The van der Waals surface area contributed by atoms with Crippen LogP contribution in [0, 0.1) is 5.82 Å². The van der Waals surface area contributed by atoms with Crippen molar-refractivity contribution in [2.45, 2.75) is 18.8 Å². The predicted molar refractivity (Wildman–Crippen MR) is 98.4 cm³/mol. The SMILES string of the molecule is CNc1nnc(C(F)(F)C(F)(F)F)cc1NC(=O)c1cc2ccc(F)cc2n1COC. The number of benzene rings is 1. The molecular formula is C18H15F6N5O2. The quantitative estimate of drug-likeness (QED) is 0.556. The third-order valence-electron chi connectivity index (χ3n) is 4.31. The Morgan fingerprint density at radius 2 is 1.84 bits per heavy atom. The minimum atomic E-state index is -5.90. The number of methoxy groups -OCH3 is 1. The summed E-state index contributed by atoms with van der Waals surface area (Å²) in [4.78, 5) is 12.8. The monoisotopic (exact) mass is 447 g/mol. The van der Waals surface area contributed by atoms with Crippen molar-refractivity contribution in [1.82, 2.24) is 14.8 Å². The Hall–Kier alpha value is -3.35. The number of rotatable bonds is 6. The number of aromatic nitrogens is 3. The van der Waals surface area contributed by atoms with Gasteiger partial charge in [-0.3, -0.25) is 4.79 Å². The van der Waals surface area contributed by atoms with Gasteiger partial charge in [-0.15, -0.1) is 10.2 Å². The molecule has 13 heteroatoms. The second-order valence-corrected chi connectivity index (χ2v) is 6.35. The number of nitrogens with one attached hydrogen (secondary N) is 2. The molecule has 0 fully saturated rings. The van der Waals surface area contributed by atoms with Crippen LogP contribution in [0.25, 0.3) is 10.9 Å². The van der Waals surface area contributed by atoms with E-state index in [0.717, 1.165) is 0 Å². The number of amides is 1. The molecule has 0 bridgehead atoms. The van der Waals surface area contributed by atoms with Gasteiger partial charge in [0.1, 0.15) is 23.9 Å². The van der Waals surface area contributed by atoms with Crippen molar-refractivity contribution in [3.63, 3.8) is 0 Å². The highest BCUT2D eigenvalue weighted by atomic mass is 19.4. The number of carbonyl (C=O) groups excluding carboxylic acids is 1. The summed E-state index contributed by atoms with van der Waals surface area (Å²) in [6, 6.07) is 5.54. The first-order valence-corrected chi connectivity index (χ1v) is 8.59. The third-order valence-corrected chi connectivity index (χ3v) is 4.31. The van der Waals surface area contributed by atoms with Gasteiger partial charge in [0.2, 0.25) is 0 Å². The third kappa shape index (κ3) is 4.13. The largest absolute Gasteiger partial charge is 0.459 e. The summed E-state index contributed by atoms with van der Waals surface area (Å²) in [6.45, 7) is -0.152. The first-order chi connectivity index (χ1) is 14.5. The van der Waals surface area contributed by atoms with E-state index in [1.54, 1.807) is 0 Å². The van der Waals surface area contributed by atoms with Crippen molar-refractivity contribution < 1.29 is 35.9 Å². The molecule has 7 nitrogen and oxygen atoms in total. The van der Waals surface area contributed by atoms with Crippen molar-refractivity contribution in [2.24, 2.45) is 0 Å². The molecule has 0 saturated carbocycles. The normalized spacial score (nSPS) is 12.3. The van der Waals surface area contributed by atoms with E-state index in [1.165, 1.54) is 43.0 Å². The fourth-order valence-corrected chi connectivity index (χ4v) is 2.84. The molecule has 0 atom stereocenters. The zero-order valence-corrected chi connectivity index (χ0v) is 16.0. The zero-order chi connectivity index (χ0) is 23.0. The predicted octanol–water partition coefficient (Wildman–Crippen LogP) is 4.12. The van der Waals surface area contributed by atoms with Crippen LogP contribution in [-0.2, 0) is 17.4 Å². The number of carbonyl (C=O) groups is 1. The van der Waals surface area contributed by atoms with E-state index in [4.69, 9.17) is 4.74 Å². The second kappa shape index (κ2) is 8.06. The van der Waals surface area contributed by atoms with Gasteiger partial charge < -0.3 is 19.9 Å². The molecule has 1 aromatic carbocycles. The molecule has 0 aliphatic rings. The van der Waals surface area contributed by atoms with Crippen LogP contribution in [0.4, 0.5) is 37.8 Å². The lowest BCUT2D eigenvalue weighted by Gasteiger charge is -2.19. The van der Waals surface area contributed by atoms with E-state index >= 15 is 0 Å². The summed E-state index contributed by atoms with van der Waals surface area (Å²) >= 11 is 0. The number of hydrogen-bond acceptors (Lipinski definition) is 5. The minimum absolute atomic E-state index is 0.0505. The molecule has 3 rings (SSSR count). The molecule has 0 radical (unpaired) electrons. The Morgan fingerprint density at radius 3 is 2.45 bits per heavy atom. The maximum Gasteiger partial charge on any atom is 0.459 e. The van der Waals surface area contributed by atoms with E-state index in [-0.39, 0.29) is 18.2 Å². The van der Waals surface area contributed by atoms with Gasteiger partial charge in [0, 0.05) is 19.5 Å². The van der Waals surface area contributed by atoms with Gasteiger partial charge in [0.15, 0.2) is 5.82 Å². The summed E-state index contributed by atoms with van der Waals surface area (Å²) < 4.78 is 85.3. The summed E-state index contributed by atoms with van der Waals surface area (Å²) in [6.07, 6.45) is -5.90. The fraction of sp³-hybridized carbons (Fsp3) is 0.278. The summed E-state index contributed by atoms with van der Waals surface area (Å²) in [7, 11) is 2.65. The highest BCUT2D eigenvalue weighted by Gasteiger charge is 2.60. The Morgan fingerprint density at radius 1 is 1.13 bits per heavy atom. The average molecular weight is 447 g/mol. The van der Waals surface area contributed by atoms with E-state index in [1.807, 2.05) is 0 Å². The van der Waals surface area contributed by atoms with Gasteiger partial charge >= 0.3 is 12.1 Å². The molecule has 3 aromatic rings. The zero-order valence-electron chi connectivity index (χ0n) is 16.0. The molecule has 31 heavy (non-hydrogen) atoms.